The van der Waals surface area contributed by atoms with Gasteiger partial charge in [0.05, 0.1) is 11.1 Å². The molecule has 1 amide bonds. The first-order valence-electron chi connectivity index (χ1n) is 11.7. The normalized spacial score (nSPS) is 23.7. The van der Waals surface area contributed by atoms with Crippen LogP contribution >= 0.6 is 0 Å². The lowest BCUT2D eigenvalue weighted by atomic mass is 9.91. The minimum atomic E-state index is -1.30. The minimum Gasteiger partial charge on any atom is -0.478 e. The maximum atomic E-state index is 12.8. The van der Waals surface area contributed by atoms with E-state index in [1.54, 1.807) is 0 Å². The lowest BCUT2D eigenvalue weighted by molar-refractivity contribution is 0.0686. The molecule has 0 radical (unpaired) electrons. The number of fused-ring (bicyclic) bond motifs is 1. The van der Waals surface area contributed by atoms with Crippen LogP contribution < -0.4 is 11.1 Å². The van der Waals surface area contributed by atoms with Gasteiger partial charge in [0.25, 0.3) is 5.91 Å². The van der Waals surface area contributed by atoms with Crippen molar-refractivity contribution in [1.82, 2.24) is 5.32 Å². The first kappa shape index (κ1) is 25.4. The van der Waals surface area contributed by atoms with E-state index in [9.17, 15) is 29.4 Å². The Labute approximate surface area is 198 Å². The standard InChI is InChI=1S/C20H19NO6.C6H13N/c1-10-2-4-12(8-10)21-18(23)13-6-7-14(19(24)25)16-11(9-22)3-5-15(17(13)16)20(26)27;1-5-2-3-6(7)4-5/h3,5-7,9-10,12H,2,4,8H2,1H3,(H,21,23)(H,24,25)(H,26,27);5-6H,2-4,7H2,1H3. The van der Waals surface area contributed by atoms with Gasteiger partial charge in [0.1, 0.15) is 0 Å². The molecule has 2 saturated carbocycles. The maximum Gasteiger partial charge on any atom is 0.336 e. The number of hydrogen-bond donors (Lipinski definition) is 4. The smallest absolute Gasteiger partial charge is 0.336 e. The van der Waals surface area contributed by atoms with Crippen molar-refractivity contribution in [3.8, 4) is 0 Å². The van der Waals surface area contributed by atoms with Gasteiger partial charge in [-0.25, -0.2) is 9.59 Å². The van der Waals surface area contributed by atoms with Gasteiger partial charge in [-0.05, 0) is 68.6 Å². The van der Waals surface area contributed by atoms with Crippen LogP contribution in [0.5, 0.6) is 0 Å². The Morgan fingerprint density at radius 3 is 1.88 bits per heavy atom. The largest absolute Gasteiger partial charge is 0.478 e. The van der Waals surface area contributed by atoms with Gasteiger partial charge in [-0.15, -0.1) is 0 Å². The molecule has 0 spiro atoms. The predicted molar refractivity (Wildman–Crippen MR) is 129 cm³/mol. The molecule has 182 valence electrons. The average Bonchev–Trinajstić information content (AvgIpc) is 3.38. The van der Waals surface area contributed by atoms with Crippen LogP contribution in [0.15, 0.2) is 24.3 Å². The van der Waals surface area contributed by atoms with Gasteiger partial charge in [0.15, 0.2) is 6.29 Å². The fourth-order valence-corrected chi connectivity index (χ4v) is 5.02. The molecule has 0 aromatic heterocycles. The zero-order valence-electron chi connectivity index (χ0n) is 19.5. The number of hydrogen-bond acceptors (Lipinski definition) is 5. The number of benzene rings is 2. The van der Waals surface area contributed by atoms with Crippen LogP contribution in [0.2, 0.25) is 0 Å². The Bertz CT molecular complexity index is 1100. The Balaban J connectivity index is 0.000000396. The van der Waals surface area contributed by atoms with E-state index < -0.39 is 17.8 Å². The van der Waals surface area contributed by atoms with E-state index >= 15 is 0 Å². The van der Waals surface area contributed by atoms with E-state index in [1.807, 2.05) is 0 Å². The minimum absolute atomic E-state index is 0.00997. The van der Waals surface area contributed by atoms with E-state index in [0.717, 1.165) is 25.2 Å². The van der Waals surface area contributed by atoms with E-state index in [-0.39, 0.29) is 39.1 Å². The Morgan fingerprint density at radius 1 is 0.853 bits per heavy atom. The van der Waals surface area contributed by atoms with Gasteiger partial charge in [0, 0.05) is 34.0 Å². The maximum absolute atomic E-state index is 12.8. The molecule has 8 nitrogen and oxygen atoms in total. The summed E-state index contributed by atoms with van der Waals surface area (Å²) in [6, 6.07) is 5.52. The number of carboxylic acids is 2. The molecule has 4 unspecified atom stereocenters. The molecule has 2 aromatic carbocycles. The first-order valence-corrected chi connectivity index (χ1v) is 11.7. The zero-order chi connectivity index (χ0) is 25.0. The van der Waals surface area contributed by atoms with Crippen molar-refractivity contribution >= 4 is 34.9 Å². The molecule has 8 heteroatoms. The van der Waals surface area contributed by atoms with Crippen molar-refractivity contribution in [3.63, 3.8) is 0 Å². The third kappa shape index (κ3) is 5.62. The number of carbonyl (C=O) groups excluding carboxylic acids is 2. The number of nitrogens with one attached hydrogen (secondary N) is 1. The predicted octanol–water partition coefficient (Wildman–Crippen LogP) is 4.10. The summed E-state index contributed by atoms with van der Waals surface area (Å²) in [6.07, 6.45) is 6.98. The molecule has 4 atom stereocenters. The van der Waals surface area contributed by atoms with Gasteiger partial charge in [-0.3, -0.25) is 9.59 Å². The van der Waals surface area contributed by atoms with Gasteiger partial charge < -0.3 is 21.3 Å². The quantitative estimate of drug-likeness (QED) is 0.483. The van der Waals surface area contributed by atoms with Crippen molar-refractivity contribution in [2.75, 3.05) is 0 Å². The second kappa shape index (κ2) is 10.8. The number of carbonyl (C=O) groups is 4. The highest BCUT2D eigenvalue weighted by Gasteiger charge is 2.27. The van der Waals surface area contributed by atoms with Crippen LogP contribution in [-0.4, -0.2) is 46.4 Å². The van der Waals surface area contributed by atoms with Gasteiger partial charge in [-0.2, -0.15) is 0 Å². The first-order chi connectivity index (χ1) is 16.1. The van der Waals surface area contributed by atoms with E-state index in [1.165, 1.54) is 43.5 Å². The fraction of sp³-hybridized carbons (Fsp3) is 0.462. The summed E-state index contributed by atoms with van der Waals surface area (Å²) >= 11 is 0. The second-order valence-corrected chi connectivity index (χ2v) is 9.61. The molecule has 5 N–H and O–H groups in total. The van der Waals surface area contributed by atoms with Crippen molar-refractivity contribution < 1.29 is 29.4 Å². The van der Waals surface area contributed by atoms with Crippen LogP contribution in [-0.2, 0) is 0 Å². The molecular weight excluding hydrogens is 436 g/mol. The number of nitrogens with two attached hydrogens (primary N) is 1. The molecule has 2 aromatic rings. The van der Waals surface area contributed by atoms with Gasteiger partial charge in [0.2, 0.25) is 0 Å². The summed E-state index contributed by atoms with van der Waals surface area (Å²) < 4.78 is 0. The number of aldehydes is 1. The summed E-state index contributed by atoms with van der Waals surface area (Å²) in [7, 11) is 0. The topological polar surface area (TPSA) is 147 Å². The summed E-state index contributed by atoms with van der Waals surface area (Å²) in [5, 5.41) is 21.8. The number of amides is 1. The van der Waals surface area contributed by atoms with Crippen molar-refractivity contribution in [2.24, 2.45) is 17.6 Å². The number of carboxylic acid groups (broad SMARTS) is 2. The molecular formula is C26H32N2O6. The molecule has 2 fully saturated rings. The Kier molecular flexibility index (Phi) is 8.04. The van der Waals surface area contributed by atoms with Crippen LogP contribution in [0.1, 0.15) is 93.8 Å². The Morgan fingerprint density at radius 2 is 1.41 bits per heavy atom. The third-order valence-electron chi connectivity index (χ3n) is 6.79. The van der Waals surface area contributed by atoms with Gasteiger partial charge in [-0.1, -0.05) is 19.9 Å². The number of rotatable bonds is 5. The summed E-state index contributed by atoms with van der Waals surface area (Å²) in [5.74, 6) is -1.68. The fourth-order valence-electron chi connectivity index (χ4n) is 5.02. The van der Waals surface area contributed by atoms with E-state index in [2.05, 4.69) is 19.2 Å². The van der Waals surface area contributed by atoms with Crippen LogP contribution in [0.25, 0.3) is 10.8 Å². The van der Waals surface area contributed by atoms with Crippen molar-refractivity contribution in [3.05, 3.63) is 46.5 Å². The molecule has 4 rings (SSSR count). The molecule has 2 aliphatic carbocycles. The molecule has 0 aliphatic heterocycles. The highest BCUT2D eigenvalue weighted by molar-refractivity contribution is 6.21. The van der Waals surface area contributed by atoms with Crippen molar-refractivity contribution in [2.45, 2.75) is 64.5 Å². The highest BCUT2D eigenvalue weighted by atomic mass is 16.4. The van der Waals surface area contributed by atoms with Gasteiger partial charge >= 0.3 is 11.9 Å². The highest BCUT2D eigenvalue weighted by Crippen LogP contribution is 2.31. The average molecular weight is 469 g/mol. The van der Waals surface area contributed by atoms with Crippen LogP contribution in [0.4, 0.5) is 0 Å². The lowest BCUT2D eigenvalue weighted by Gasteiger charge is -2.16. The summed E-state index contributed by atoms with van der Waals surface area (Å²) in [5.41, 5.74) is 5.26. The molecule has 0 saturated heterocycles. The van der Waals surface area contributed by atoms with E-state index in [0.29, 0.717) is 18.2 Å². The molecule has 34 heavy (non-hydrogen) atoms. The van der Waals surface area contributed by atoms with Crippen LogP contribution in [0.3, 0.4) is 0 Å². The third-order valence-corrected chi connectivity index (χ3v) is 6.79. The molecule has 2 aliphatic rings. The van der Waals surface area contributed by atoms with Crippen molar-refractivity contribution in [1.29, 1.82) is 0 Å². The second-order valence-electron chi connectivity index (χ2n) is 9.61. The Hall–Kier alpha value is -3.26. The van der Waals surface area contributed by atoms with E-state index in [4.69, 9.17) is 5.73 Å². The summed E-state index contributed by atoms with van der Waals surface area (Å²) in [4.78, 5) is 47.6. The monoisotopic (exact) mass is 468 g/mol. The zero-order valence-corrected chi connectivity index (χ0v) is 19.5. The number of aromatic carboxylic acids is 2. The lowest BCUT2D eigenvalue weighted by Crippen LogP contribution is -2.33. The SMILES string of the molecule is CC1CCC(N)C1.CC1CCC(NC(=O)c2ccc(C(=O)O)c3c(C=O)ccc(C(=O)O)c23)C1. The molecule has 0 bridgehead atoms. The molecule has 0 heterocycles. The summed E-state index contributed by atoms with van der Waals surface area (Å²) in [6.45, 7) is 4.37. The van der Waals surface area contributed by atoms with Crippen LogP contribution in [0, 0.1) is 11.8 Å².